The van der Waals surface area contributed by atoms with E-state index < -0.39 is 0 Å². The third-order valence-electron chi connectivity index (χ3n) is 2.00. The average molecular weight is 252 g/mol. The van der Waals surface area contributed by atoms with Crippen LogP contribution in [-0.4, -0.2) is 14.8 Å². The first-order chi connectivity index (χ1) is 6.68. The summed E-state index contributed by atoms with van der Waals surface area (Å²) < 4.78 is 2.76. The van der Waals surface area contributed by atoms with Gasteiger partial charge in [-0.2, -0.15) is 5.10 Å². The molecular formula is C10H10BrN3. The molecule has 72 valence electrons. The third-order valence-corrected chi connectivity index (χ3v) is 2.98. The zero-order valence-corrected chi connectivity index (χ0v) is 9.62. The van der Waals surface area contributed by atoms with Gasteiger partial charge in [-0.25, -0.2) is 9.67 Å². The molecule has 0 saturated heterocycles. The summed E-state index contributed by atoms with van der Waals surface area (Å²) in [5, 5.41) is 4.31. The molecule has 4 heteroatoms. The van der Waals surface area contributed by atoms with Gasteiger partial charge in [-0.3, -0.25) is 0 Å². The number of halogens is 1. The van der Waals surface area contributed by atoms with Crippen LogP contribution in [0.2, 0.25) is 0 Å². The number of hydrogen-bond donors (Lipinski definition) is 0. The Morgan fingerprint density at radius 3 is 2.71 bits per heavy atom. The molecule has 2 heterocycles. The minimum atomic E-state index is 0.832. The van der Waals surface area contributed by atoms with Gasteiger partial charge in [-0.1, -0.05) is 0 Å². The van der Waals surface area contributed by atoms with Gasteiger partial charge in [0.1, 0.15) is 0 Å². The number of aromatic nitrogens is 3. The van der Waals surface area contributed by atoms with Crippen LogP contribution in [-0.2, 0) is 0 Å². The summed E-state index contributed by atoms with van der Waals surface area (Å²) in [7, 11) is 0. The topological polar surface area (TPSA) is 30.7 Å². The summed E-state index contributed by atoms with van der Waals surface area (Å²) in [6, 6.07) is 3.92. The molecule has 0 bridgehead atoms. The Labute approximate surface area is 90.9 Å². The molecule has 2 aromatic rings. The van der Waals surface area contributed by atoms with Crippen molar-refractivity contribution >= 4 is 15.9 Å². The lowest BCUT2D eigenvalue weighted by atomic mass is 10.3. The molecule has 0 N–H and O–H groups in total. The SMILES string of the molecule is Cc1ccn(-c2nccc(C)c2Br)n1. The molecule has 0 radical (unpaired) electrons. The Bertz CT molecular complexity index is 462. The largest absolute Gasteiger partial charge is 0.236 e. The second-order valence-corrected chi connectivity index (χ2v) is 3.96. The molecular weight excluding hydrogens is 242 g/mol. The Kier molecular flexibility index (Phi) is 2.37. The van der Waals surface area contributed by atoms with Crippen LogP contribution >= 0.6 is 15.9 Å². The maximum atomic E-state index is 4.31. The van der Waals surface area contributed by atoms with E-state index in [4.69, 9.17) is 0 Å². The van der Waals surface area contributed by atoms with E-state index in [1.165, 1.54) is 0 Å². The molecule has 0 amide bonds. The van der Waals surface area contributed by atoms with Gasteiger partial charge in [0.15, 0.2) is 5.82 Å². The molecule has 2 rings (SSSR count). The molecule has 0 aliphatic carbocycles. The minimum absolute atomic E-state index is 0.832. The molecule has 0 aromatic carbocycles. The van der Waals surface area contributed by atoms with Gasteiger partial charge >= 0.3 is 0 Å². The molecule has 0 atom stereocenters. The number of hydrogen-bond acceptors (Lipinski definition) is 2. The van der Waals surface area contributed by atoms with E-state index >= 15 is 0 Å². The summed E-state index contributed by atoms with van der Waals surface area (Å²) in [4.78, 5) is 4.28. The highest BCUT2D eigenvalue weighted by molar-refractivity contribution is 9.10. The lowest BCUT2D eigenvalue weighted by Gasteiger charge is -2.04. The van der Waals surface area contributed by atoms with Gasteiger partial charge in [0.25, 0.3) is 0 Å². The maximum absolute atomic E-state index is 4.31. The van der Waals surface area contributed by atoms with Crippen LogP contribution in [0, 0.1) is 13.8 Å². The van der Waals surface area contributed by atoms with Crippen LogP contribution in [0.1, 0.15) is 11.3 Å². The molecule has 0 aliphatic rings. The van der Waals surface area contributed by atoms with Crippen LogP contribution in [0.3, 0.4) is 0 Å². The van der Waals surface area contributed by atoms with Crippen molar-refractivity contribution in [3.63, 3.8) is 0 Å². The first-order valence-corrected chi connectivity index (χ1v) is 5.11. The lowest BCUT2D eigenvalue weighted by molar-refractivity contribution is 0.825. The summed E-state index contributed by atoms with van der Waals surface area (Å²) in [6.45, 7) is 3.99. The van der Waals surface area contributed by atoms with E-state index in [0.717, 1.165) is 21.5 Å². The second kappa shape index (κ2) is 3.53. The summed E-state index contributed by atoms with van der Waals surface area (Å²) in [5.41, 5.74) is 2.14. The van der Waals surface area contributed by atoms with Crippen molar-refractivity contribution in [2.24, 2.45) is 0 Å². The fourth-order valence-electron chi connectivity index (χ4n) is 1.22. The van der Waals surface area contributed by atoms with Crippen molar-refractivity contribution in [3.8, 4) is 5.82 Å². The minimum Gasteiger partial charge on any atom is -0.236 e. The first kappa shape index (κ1) is 9.40. The quantitative estimate of drug-likeness (QED) is 0.781. The average Bonchev–Trinajstić information content (AvgIpc) is 2.57. The van der Waals surface area contributed by atoms with Crippen LogP contribution in [0.15, 0.2) is 29.0 Å². The monoisotopic (exact) mass is 251 g/mol. The lowest BCUT2D eigenvalue weighted by Crippen LogP contribution is -2.00. The number of rotatable bonds is 1. The molecule has 2 aromatic heterocycles. The first-order valence-electron chi connectivity index (χ1n) is 4.32. The smallest absolute Gasteiger partial charge is 0.167 e. The Hall–Kier alpha value is -1.16. The van der Waals surface area contributed by atoms with Crippen LogP contribution < -0.4 is 0 Å². The van der Waals surface area contributed by atoms with Crippen LogP contribution in [0.25, 0.3) is 5.82 Å². The number of aryl methyl sites for hydroxylation is 2. The predicted molar refractivity (Wildman–Crippen MR) is 58.5 cm³/mol. The summed E-state index contributed by atoms with van der Waals surface area (Å²) >= 11 is 3.50. The van der Waals surface area contributed by atoms with Gasteiger partial charge in [0.2, 0.25) is 0 Å². The molecule has 0 aliphatic heterocycles. The van der Waals surface area contributed by atoms with E-state index in [2.05, 4.69) is 26.0 Å². The third kappa shape index (κ3) is 1.57. The molecule has 0 saturated carbocycles. The van der Waals surface area contributed by atoms with Gasteiger partial charge in [0.05, 0.1) is 10.2 Å². The van der Waals surface area contributed by atoms with Crippen LogP contribution in [0.4, 0.5) is 0 Å². The van der Waals surface area contributed by atoms with Gasteiger partial charge < -0.3 is 0 Å². The van der Waals surface area contributed by atoms with Crippen molar-refractivity contribution in [1.29, 1.82) is 0 Å². The second-order valence-electron chi connectivity index (χ2n) is 3.17. The van der Waals surface area contributed by atoms with E-state index in [1.54, 1.807) is 10.9 Å². The zero-order chi connectivity index (χ0) is 10.1. The molecule has 0 unspecified atom stereocenters. The van der Waals surface area contributed by atoms with Crippen molar-refractivity contribution in [1.82, 2.24) is 14.8 Å². The standard InChI is InChI=1S/C10H10BrN3/c1-7-3-5-12-10(9(7)11)14-6-4-8(2)13-14/h3-6H,1-2H3. The molecule has 3 nitrogen and oxygen atoms in total. The summed E-state index contributed by atoms with van der Waals surface area (Å²) in [5.74, 6) is 0.832. The highest BCUT2D eigenvalue weighted by Gasteiger charge is 2.06. The zero-order valence-electron chi connectivity index (χ0n) is 8.03. The fourth-order valence-corrected chi connectivity index (χ4v) is 1.63. The Morgan fingerprint density at radius 2 is 2.07 bits per heavy atom. The van der Waals surface area contributed by atoms with Crippen LogP contribution in [0.5, 0.6) is 0 Å². The van der Waals surface area contributed by atoms with E-state index in [0.29, 0.717) is 0 Å². The highest BCUT2D eigenvalue weighted by atomic mass is 79.9. The van der Waals surface area contributed by atoms with Gasteiger partial charge in [-0.15, -0.1) is 0 Å². The van der Waals surface area contributed by atoms with Crippen molar-refractivity contribution in [2.45, 2.75) is 13.8 Å². The number of nitrogens with zero attached hydrogens (tertiary/aromatic N) is 3. The highest BCUT2D eigenvalue weighted by Crippen LogP contribution is 2.21. The number of pyridine rings is 1. The molecule has 0 fully saturated rings. The Morgan fingerprint density at radius 1 is 1.29 bits per heavy atom. The molecule has 14 heavy (non-hydrogen) atoms. The van der Waals surface area contributed by atoms with Crippen molar-refractivity contribution < 1.29 is 0 Å². The fraction of sp³-hybridized carbons (Fsp3) is 0.200. The van der Waals surface area contributed by atoms with E-state index in [1.807, 2.05) is 32.2 Å². The summed E-state index contributed by atoms with van der Waals surface area (Å²) in [6.07, 6.45) is 3.69. The van der Waals surface area contributed by atoms with E-state index in [9.17, 15) is 0 Å². The van der Waals surface area contributed by atoms with Gasteiger partial charge in [-0.05, 0) is 47.5 Å². The van der Waals surface area contributed by atoms with Crippen molar-refractivity contribution in [3.05, 3.63) is 40.3 Å². The maximum Gasteiger partial charge on any atom is 0.167 e. The van der Waals surface area contributed by atoms with Gasteiger partial charge in [0, 0.05) is 12.4 Å². The van der Waals surface area contributed by atoms with Crippen molar-refractivity contribution in [2.75, 3.05) is 0 Å². The predicted octanol–water partition coefficient (Wildman–Crippen LogP) is 2.65. The molecule has 0 spiro atoms. The van der Waals surface area contributed by atoms with E-state index in [-0.39, 0.29) is 0 Å². The Balaban J connectivity index is 2.57. The normalized spacial score (nSPS) is 10.5.